The maximum Gasteiger partial charge on any atom is 0.275 e. The summed E-state index contributed by atoms with van der Waals surface area (Å²) in [7, 11) is 0. The van der Waals surface area contributed by atoms with Crippen molar-refractivity contribution in [2.45, 2.75) is 19.9 Å². The van der Waals surface area contributed by atoms with Gasteiger partial charge in [-0.2, -0.15) is 5.10 Å². The van der Waals surface area contributed by atoms with Crippen LogP contribution in [0.25, 0.3) is 16.6 Å². The van der Waals surface area contributed by atoms with E-state index < -0.39 is 5.91 Å². The first-order valence-corrected chi connectivity index (χ1v) is 9.62. The van der Waals surface area contributed by atoms with Crippen molar-refractivity contribution in [1.29, 1.82) is 0 Å². The molecule has 2 aromatic carbocycles. The second kappa shape index (κ2) is 8.14. The van der Waals surface area contributed by atoms with Gasteiger partial charge in [-0.15, -0.1) is 0 Å². The normalized spacial score (nSPS) is 10.9. The fraction of sp³-hybridized carbons (Fsp3) is 0.174. The van der Waals surface area contributed by atoms with Crippen molar-refractivity contribution in [1.82, 2.24) is 19.7 Å². The third-order valence-electron chi connectivity index (χ3n) is 4.86. The van der Waals surface area contributed by atoms with Crippen molar-refractivity contribution in [3.8, 4) is 5.69 Å². The topological polar surface area (TPSA) is 68.9 Å². The van der Waals surface area contributed by atoms with Gasteiger partial charge in [0, 0.05) is 36.6 Å². The van der Waals surface area contributed by atoms with Gasteiger partial charge in [0.2, 0.25) is 5.43 Å². The number of rotatable bonds is 6. The van der Waals surface area contributed by atoms with Gasteiger partial charge in [-0.1, -0.05) is 36.4 Å². The quantitative estimate of drug-likeness (QED) is 0.517. The standard InChI is InChI=1S/C23H22N4O2/c1-17-16-21(28)22(25-27(17)19-9-3-2-4-10-19)23(29)24-13-7-14-26-15-12-18-8-5-6-11-20(18)26/h2-6,8-12,15-16H,7,13-14H2,1H3,(H,24,29). The molecule has 6 heteroatoms. The minimum atomic E-state index is -0.447. The van der Waals surface area contributed by atoms with E-state index in [1.54, 1.807) is 11.6 Å². The molecule has 4 aromatic rings. The van der Waals surface area contributed by atoms with Crippen molar-refractivity contribution in [2.75, 3.05) is 6.54 Å². The van der Waals surface area contributed by atoms with E-state index in [0.29, 0.717) is 12.2 Å². The number of nitrogens with zero attached hydrogens (tertiary/aromatic N) is 3. The molecule has 0 saturated heterocycles. The van der Waals surface area contributed by atoms with E-state index in [1.165, 1.54) is 17.0 Å². The molecule has 2 aromatic heterocycles. The largest absolute Gasteiger partial charge is 0.350 e. The molecule has 29 heavy (non-hydrogen) atoms. The molecule has 0 saturated carbocycles. The van der Waals surface area contributed by atoms with Crippen molar-refractivity contribution >= 4 is 16.8 Å². The maximum absolute atomic E-state index is 12.5. The first kappa shape index (κ1) is 18.7. The summed E-state index contributed by atoms with van der Waals surface area (Å²) < 4.78 is 3.77. The highest BCUT2D eigenvalue weighted by atomic mass is 16.2. The van der Waals surface area contributed by atoms with Gasteiger partial charge in [-0.25, -0.2) is 4.68 Å². The average molecular weight is 386 g/mol. The Morgan fingerprint density at radius 2 is 1.79 bits per heavy atom. The molecule has 0 radical (unpaired) electrons. The molecule has 1 amide bonds. The van der Waals surface area contributed by atoms with Gasteiger partial charge in [0.05, 0.1) is 5.69 Å². The van der Waals surface area contributed by atoms with Gasteiger partial charge in [0.25, 0.3) is 5.91 Å². The van der Waals surface area contributed by atoms with Gasteiger partial charge in [0.15, 0.2) is 5.69 Å². The van der Waals surface area contributed by atoms with Crippen LogP contribution in [0.4, 0.5) is 0 Å². The Balaban J connectivity index is 1.43. The molecular weight excluding hydrogens is 364 g/mol. The summed E-state index contributed by atoms with van der Waals surface area (Å²) >= 11 is 0. The summed E-state index contributed by atoms with van der Waals surface area (Å²) in [5, 5.41) is 8.31. The first-order valence-electron chi connectivity index (χ1n) is 9.62. The zero-order chi connectivity index (χ0) is 20.2. The lowest BCUT2D eigenvalue weighted by atomic mass is 10.2. The summed E-state index contributed by atoms with van der Waals surface area (Å²) in [6.45, 7) is 3.04. The molecule has 6 nitrogen and oxygen atoms in total. The highest BCUT2D eigenvalue weighted by Gasteiger charge is 2.14. The predicted molar refractivity (Wildman–Crippen MR) is 113 cm³/mol. The van der Waals surface area contributed by atoms with Crippen molar-refractivity contribution in [3.05, 3.63) is 94.5 Å². The van der Waals surface area contributed by atoms with Crippen LogP contribution in [0.5, 0.6) is 0 Å². The van der Waals surface area contributed by atoms with Crippen molar-refractivity contribution in [2.24, 2.45) is 0 Å². The van der Waals surface area contributed by atoms with Crippen LogP contribution in [-0.4, -0.2) is 26.8 Å². The Labute approximate surface area is 168 Å². The summed E-state index contributed by atoms with van der Waals surface area (Å²) in [5.74, 6) is -0.447. The molecule has 2 heterocycles. The first-order chi connectivity index (χ1) is 14.1. The number of hydrogen-bond acceptors (Lipinski definition) is 3. The molecule has 0 atom stereocenters. The van der Waals surface area contributed by atoms with Crippen LogP contribution in [0.15, 0.2) is 77.7 Å². The third-order valence-corrected chi connectivity index (χ3v) is 4.86. The number of carbonyl (C=O) groups excluding carboxylic acids is 1. The summed E-state index contributed by atoms with van der Waals surface area (Å²) in [5.41, 5.74) is 2.19. The van der Waals surface area contributed by atoms with E-state index in [1.807, 2.05) is 48.7 Å². The van der Waals surface area contributed by atoms with Gasteiger partial charge < -0.3 is 9.88 Å². The molecule has 0 aliphatic heterocycles. The van der Waals surface area contributed by atoms with Crippen LogP contribution >= 0.6 is 0 Å². The third kappa shape index (κ3) is 3.96. The Morgan fingerprint density at radius 3 is 2.62 bits per heavy atom. The summed E-state index contributed by atoms with van der Waals surface area (Å²) in [6, 6.07) is 21.2. The van der Waals surface area contributed by atoms with Crippen LogP contribution < -0.4 is 10.7 Å². The zero-order valence-corrected chi connectivity index (χ0v) is 16.2. The molecule has 0 unspecified atom stereocenters. The molecule has 0 aliphatic rings. The molecular formula is C23H22N4O2. The molecule has 146 valence electrons. The number of hydrogen-bond donors (Lipinski definition) is 1. The minimum Gasteiger partial charge on any atom is -0.350 e. The Bertz CT molecular complexity index is 1210. The van der Waals surface area contributed by atoms with Gasteiger partial charge in [-0.05, 0) is 43.0 Å². The fourth-order valence-corrected chi connectivity index (χ4v) is 3.41. The van der Waals surface area contributed by atoms with Crippen LogP contribution in [0.3, 0.4) is 0 Å². The van der Waals surface area contributed by atoms with E-state index in [2.05, 4.69) is 33.2 Å². The van der Waals surface area contributed by atoms with E-state index in [4.69, 9.17) is 0 Å². The second-order valence-corrected chi connectivity index (χ2v) is 6.92. The number of aromatic nitrogens is 3. The van der Waals surface area contributed by atoms with Crippen LogP contribution in [0.2, 0.25) is 0 Å². The van der Waals surface area contributed by atoms with Gasteiger partial charge in [-0.3, -0.25) is 9.59 Å². The number of fused-ring (bicyclic) bond motifs is 1. The molecule has 0 bridgehead atoms. The summed E-state index contributed by atoms with van der Waals surface area (Å²) in [6.07, 6.45) is 2.80. The molecule has 0 aliphatic carbocycles. The van der Waals surface area contributed by atoms with Crippen LogP contribution in [-0.2, 0) is 6.54 Å². The van der Waals surface area contributed by atoms with Gasteiger partial charge in [0.1, 0.15) is 0 Å². The minimum absolute atomic E-state index is 0.0918. The lowest BCUT2D eigenvalue weighted by Crippen LogP contribution is -2.32. The smallest absolute Gasteiger partial charge is 0.275 e. The number of carbonyl (C=O) groups is 1. The Morgan fingerprint density at radius 1 is 1.03 bits per heavy atom. The predicted octanol–water partition coefficient (Wildman–Crippen LogP) is 3.32. The van der Waals surface area contributed by atoms with Crippen LogP contribution in [0.1, 0.15) is 22.6 Å². The number of amides is 1. The second-order valence-electron chi connectivity index (χ2n) is 6.92. The van der Waals surface area contributed by atoms with Crippen LogP contribution in [0, 0.1) is 6.92 Å². The zero-order valence-electron chi connectivity index (χ0n) is 16.2. The van der Waals surface area contributed by atoms with Gasteiger partial charge >= 0.3 is 0 Å². The number of benzene rings is 2. The average Bonchev–Trinajstić information content (AvgIpc) is 3.15. The number of nitrogens with one attached hydrogen (secondary N) is 1. The fourth-order valence-electron chi connectivity index (χ4n) is 3.41. The summed E-state index contributed by atoms with van der Waals surface area (Å²) in [4.78, 5) is 24.8. The van der Waals surface area contributed by atoms with Crippen molar-refractivity contribution < 1.29 is 4.79 Å². The lowest BCUT2D eigenvalue weighted by molar-refractivity contribution is 0.0945. The number of aryl methyl sites for hydroxylation is 2. The van der Waals surface area contributed by atoms with E-state index in [9.17, 15) is 9.59 Å². The SMILES string of the molecule is Cc1cc(=O)c(C(=O)NCCCn2ccc3ccccc32)nn1-c1ccccc1. The highest BCUT2D eigenvalue weighted by Crippen LogP contribution is 2.15. The Kier molecular flexibility index (Phi) is 5.24. The van der Waals surface area contributed by atoms with Crippen molar-refractivity contribution in [3.63, 3.8) is 0 Å². The lowest BCUT2D eigenvalue weighted by Gasteiger charge is -2.11. The Hall–Kier alpha value is -3.67. The maximum atomic E-state index is 12.5. The van der Waals surface area contributed by atoms with E-state index in [-0.39, 0.29) is 11.1 Å². The number of para-hydroxylation sites is 2. The van der Waals surface area contributed by atoms with E-state index in [0.717, 1.165) is 18.7 Å². The molecule has 0 spiro atoms. The van der Waals surface area contributed by atoms with E-state index >= 15 is 0 Å². The highest BCUT2D eigenvalue weighted by molar-refractivity contribution is 5.92. The molecule has 0 fully saturated rings. The molecule has 4 rings (SSSR count). The molecule has 1 N–H and O–H groups in total. The monoisotopic (exact) mass is 386 g/mol.